The number of hydrogen-bond acceptors (Lipinski definition) is 4. The zero-order chi connectivity index (χ0) is 23.9. The number of fused-ring (bicyclic) bond motifs is 1. The molecule has 0 bridgehead atoms. The van der Waals surface area contributed by atoms with Crippen molar-refractivity contribution in [3.05, 3.63) is 107 Å². The van der Waals surface area contributed by atoms with Gasteiger partial charge in [-0.1, -0.05) is 48.5 Å². The summed E-state index contributed by atoms with van der Waals surface area (Å²) in [5.41, 5.74) is 6.67. The lowest BCUT2D eigenvalue weighted by molar-refractivity contribution is -0.117. The summed E-state index contributed by atoms with van der Waals surface area (Å²) in [6.45, 7) is 0. The molecule has 0 unspecified atom stereocenters. The number of nitrogens with one attached hydrogen (secondary N) is 3. The van der Waals surface area contributed by atoms with Crippen LogP contribution in [-0.4, -0.2) is 37.1 Å². The van der Waals surface area contributed by atoms with Gasteiger partial charge in [-0.3, -0.25) is 9.59 Å². The fourth-order valence-corrected chi connectivity index (χ4v) is 3.40. The molecule has 0 spiro atoms. The molecule has 3 N–H and O–H groups in total. The van der Waals surface area contributed by atoms with Crippen LogP contribution in [0.1, 0.15) is 21.5 Å². The van der Waals surface area contributed by atoms with Crippen molar-refractivity contribution in [3.63, 3.8) is 0 Å². The van der Waals surface area contributed by atoms with E-state index in [2.05, 4.69) is 20.8 Å². The highest BCUT2D eigenvalue weighted by Gasteiger charge is 2.14. The molecule has 0 saturated carbocycles. The average Bonchev–Trinajstić information content (AvgIpc) is 3.27. The number of para-hydroxylation sites is 1. The van der Waals surface area contributed by atoms with E-state index in [9.17, 15) is 9.59 Å². The van der Waals surface area contributed by atoms with E-state index in [-0.39, 0.29) is 11.6 Å². The fraction of sp³-hybridized carbons (Fsp3) is 0.0741. The second kappa shape index (κ2) is 10.3. The normalized spacial score (nSPS) is 11.5. The molecule has 0 saturated heterocycles. The van der Waals surface area contributed by atoms with Gasteiger partial charge in [0, 0.05) is 48.0 Å². The van der Waals surface area contributed by atoms with Crippen molar-refractivity contribution in [2.75, 3.05) is 19.0 Å². The number of carbonyl (C=O) groups is 2. The number of hydrogen-bond donors (Lipinski definition) is 3. The standard InChI is InChI=1S/C27H25N5O2/c1-32(2)22-14-12-19(13-15-22)16-25(30-26(33)20-8-4-3-5-9-20)27(34)31-29-18-21-17-28-24-11-7-6-10-23(21)24/h3-18,28H,1-2H3,(H,30,33)(H,31,34)/b25-16-,29-18+. The highest BCUT2D eigenvalue weighted by atomic mass is 16.2. The molecule has 4 rings (SSSR count). The Labute approximate surface area is 197 Å². The second-order valence-corrected chi connectivity index (χ2v) is 7.85. The van der Waals surface area contributed by atoms with E-state index >= 15 is 0 Å². The van der Waals surface area contributed by atoms with Crippen molar-refractivity contribution < 1.29 is 9.59 Å². The van der Waals surface area contributed by atoms with Gasteiger partial charge in [-0.2, -0.15) is 5.10 Å². The first kappa shape index (κ1) is 22.5. The molecule has 7 heteroatoms. The molecule has 0 aliphatic carbocycles. The van der Waals surface area contributed by atoms with Crippen molar-refractivity contribution in [1.29, 1.82) is 0 Å². The molecule has 0 atom stereocenters. The van der Waals surface area contributed by atoms with Crippen LogP contribution in [0.4, 0.5) is 5.69 Å². The van der Waals surface area contributed by atoms with Gasteiger partial charge in [0.05, 0.1) is 6.21 Å². The number of amides is 2. The molecular formula is C27H25N5O2. The molecule has 0 aliphatic rings. The fourth-order valence-electron chi connectivity index (χ4n) is 3.40. The summed E-state index contributed by atoms with van der Waals surface area (Å²) in [6.07, 6.45) is 5.01. The zero-order valence-electron chi connectivity index (χ0n) is 18.9. The molecule has 7 nitrogen and oxygen atoms in total. The smallest absolute Gasteiger partial charge is 0.287 e. The molecule has 0 radical (unpaired) electrons. The van der Waals surface area contributed by atoms with Crippen LogP contribution < -0.4 is 15.6 Å². The number of aromatic amines is 1. The van der Waals surface area contributed by atoms with Crippen molar-refractivity contribution in [2.24, 2.45) is 5.10 Å². The van der Waals surface area contributed by atoms with Crippen LogP contribution in [0.5, 0.6) is 0 Å². The van der Waals surface area contributed by atoms with Gasteiger partial charge >= 0.3 is 0 Å². The van der Waals surface area contributed by atoms with E-state index in [0.717, 1.165) is 27.7 Å². The Morgan fingerprint density at radius 1 is 0.912 bits per heavy atom. The SMILES string of the molecule is CN(C)c1ccc(/C=C(\NC(=O)c2ccccc2)C(=O)N/N=C/c2c[nH]c3ccccc23)cc1. The van der Waals surface area contributed by atoms with Crippen molar-refractivity contribution in [3.8, 4) is 0 Å². The molecule has 1 aromatic heterocycles. The first-order chi connectivity index (χ1) is 16.5. The number of anilines is 1. The first-order valence-electron chi connectivity index (χ1n) is 10.8. The van der Waals surface area contributed by atoms with Crippen LogP contribution in [0.3, 0.4) is 0 Å². The van der Waals surface area contributed by atoms with Gasteiger partial charge in [-0.25, -0.2) is 5.43 Å². The van der Waals surface area contributed by atoms with Crippen molar-refractivity contribution in [1.82, 2.24) is 15.7 Å². The highest BCUT2D eigenvalue weighted by Crippen LogP contribution is 2.16. The number of hydrazone groups is 1. The minimum atomic E-state index is -0.531. The summed E-state index contributed by atoms with van der Waals surface area (Å²) in [5.74, 6) is -0.912. The maximum Gasteiger partial charge on any atom is 0.287 e. The highest BCUT2D eigenvalue weighted by molar-refractivity contribution is 6.06. The lowest BCUT2D eigenvalue weighted by Crippen LogP contribution is -2.32. The van der Waals surface area contributed by atoms with E-state index in [0.29, 0.717) is 5.56 Å². The van der Waals surface area contributed by atoms with Gasteiger partial charge in [0.15, 0.2) is 0 Å². The first-order valence-corrected chi connectivity index (χ1v) is 10.8. The summed E-state index contributed by atoms with van der Waals surface area (Å²) < 4.78 is 0. The summed E-state index contributed by atoms with van der Waals surface area (Å²) in [7, 11) is 3.91. The predicted molar refractivity (Wildman–Crippen MR) is 137 cm³/mol. The summed E-state index contributed by atoms with van der Waals surface area (Å²) >= 11 is 0. The van der Waals surface area contributed by atoms with E-state index in [1.165, 1.54) is 0 Å². The number of nitrogens with zero attached hydrogens (tertiary/aromatic N) is 2. The van der Waals surface area contributed by atoms with E-state index in [4.69, 9.17) is 0 Å². The average molecular weight is 452 g/mol. The number of benzene rings is 3. The maximum absolute atomic E-state index is 13.0. The molecule has 2 amide bonds. The van der Waals surface area contributed by atoms with E-state index in [1.807, 2.05) is 79.8 Å². The van der Waals surface area contributed by atoms with Crippen LogP contribution in [0.15, 0.2) is 95.9 Å². The van der Waals surface area contributed by atoms with E-state index in [1.54, 1.807) is 36.6 Å². The van der Waals surface area contributed by atoms with Crippen LogP contribution in [0.2, 0.25) is 0 Å². The van der Waals surface area contributed by atoms with Gasteiger partial charge in [0.1, 0.15) is 5.70 Å². The van der Waals surface area contributed by atoms with E-state index < -0.39 is 5.91 Å². The van der Waals surface area contributed by atoms with Gasteiger partial charge in [0.2, 0.25) is 0 Å². The molecule has 0 fully saturated rings. The van der Waals surface area contributed by atoms with Crippen LogP contribution in [0, 0.1) is 0 Å². The van der Waals surface area contributed by atoms with Crippen LogP contribution in [0.25, 0.3) is 17.0 Å². The monoisotopic (exact) mass is 451 g/mol. The third-order valence-corrected chi connectivity index (χ3v) is 5.24. The summed E-state index contributed by atoms with van der Waals surface area (Å²) in [4.78, 5) is 30.8. The quantitative estimate of drug-likeness (QED) is 0.224. The van der Waals surface area contributed by atoms with Crippen LogP contribution >= 0.6 is 0 Å². The molecule has 3 aromatic carbocycles. The third kappa shape index (κ3) is 5.39. The van der Waals surface area contributed by atoms with Gasteiger partial charge in [-0.15, -0.1) is 0 Å². The Bertz CT molecular complexity index is 1350. The summed E-state index contributed by atoms with van der Waals surface area (Å²) in [6, 6.07) is 24.2. The summed E-state index contributed by atoms with van der Waals surface area (Å²) in [5, 5.41) is 7.81. The number of rotatable bonds is 7. The topological polar surface area (TPSA) is 89.6 Å². The molecule has 1 heterocycles. The molecule has 34 heavy (non-hydrogen) atoms. The number of H-pyrrole nitrogens is 1. The maximum atomic E-state index is 13.0. The third-order valence-electron chi connectivity index (χ3n) is 5.24. The Morgan fingerprint density at radius 2 is 1.62 bits per heavy atom. The zero-order valence-corrected chi connectivity index (χ0v) is 18.9. The Morgan fingerprint density at radius 3 is 2.35 bits per heavy atom. The minimum Gasteiger partial charge on any atom is -0.378 e. The minimum absolute atomic E-state index is 0.0857. The van der Waals surface area contributed by atoms with Crippen LogP contribution in [-0.2, 0) is 4.79 Å². The molecule has 0 aliphatic heterocycles. The Kier molecular flexibility index (Phi) is 6.84. The Hall–Kier alpha value is -4.65. The van der Waals surface area contributed by atoms with Gasteiger partial charge in [-0.05, 0) is 42.0 Å². The molecule has 4 aromatic rings. The van der Waals surface area contributed by atoms with Gasteiger partial charge < -0.3 is 15.2 Å². The van der Waals surface area contributed by atoms with Crippen molar-refractivity contribution in [2.45, 2.75) is 0 Å². The lowest BCUT2D eigenvalue weighted by atomic mass is 10.1. The predicted octanol–water partition coefficient (Wildman–Crippen LogP) is 4.16. The van der Waals surface area contributed by atoms with Gasteiger partial charge in [0.25, 0.3) is 11.8 Å². The second-order valence-electron chi connectivity index (χ2n) is 7.85. The van der Waals surface area contributed by atoms with Crippen molar-refractivity contribution >= 4 is 40.7 Å². The largest absolute Gasteiger partial charge is 0.378 e. The number of carbonyl (C=O) groups excluding carboxylic acids is 2. The number of aromatic nitrogens is 1. The Balaban J connectivity index is 1.55. The lowest BCUT2D eigenvalue weighted by Gasteiger charge is -2.12. The molecule has 170 valence electrons. The molecular weight excluding hydrogens is 426 g/mol.